The second-order valence-electron chi connectivity index (χ2n) is 5.89. The zero-order valence-electron chi connectivity index (χ0n) is 12.4. The van der Waals surface area contributed by atoms with E-state index in [4.69, 9.17) is 0 Å². The third-order valence-electron chi connectivity index (χ3n) is 4.41. The average Bonchev–Trinajstić information content (AvgIpc) is 2.89. The van der Waals surface area contributed by atoms with Crippen molar-refractivity contribution in [2.45, 2.75) is 32.2 Å². The molecule has 1 aromatic carbocycles. The van der Waals surface area contributed by atoms with E-state index in [-0.39, 0.29) is 29.9 Å². The van der Waals surface area contributed by atoms with Crippen molar-refractivity contribution in [2.24, 2.45) is 5.92 Å². The molecule has 1 N–H and O–H groups in total. The number of carbonyl (C=O) groups excluding carboxylic acids is 1. The normalized spacial score (nSPS) is 23.6. The molecule has 1 aromatic rings. The van der Waals surface area contributed by atoms with E-state index in [1.165, 1.54) is 12.1 Å². The van der Waals surface area contributed by atoms with Crippen LogP contribution >= 0.6 is 12.4 Å². The maximum atomic E-state index is 12.7. The Labute approximate surface area is 135 Å². The molecule has 2 aliphatic rings. The third-order valence-corrected chi connectivity index (χ3v) is 4.41. The molecule has 0 aromatic heterocycles. The van der Waals surface area contributed by atoms with E-state index in [1.54, 1.807) is 11.0 Å². The molecule has 6 nitrogen and oxygen atoms in total. The molecule has 1 saturated heterocycles. The minimum atomic E-state index is -0.409. The molecule has 3 rings (SSSR count). The Kier molecular flexibility index (Phi) is 5.03. The van der Waals surface area contributed by atoms with Crippen LogP contribution in [0.25, 0.3) is 0 Å². The number of nitro benzene ring substituents is 1. The molecule has 7 heteroatoms. The number of rotatable bonds is 2. The number of hydrogen-bond donors (Lipinski definition) is 1. The molecular formula is C15H20ClN3O3. The summed E-state index contributed by atoms with van der Waals surface area (Å²) in [6.45, 7) is 3.57. The maximum Gasteiger partial charge on any atom is 0.271 e. The van der Waals surface area contributed by atoms with Gasteiger partial charge in [-0.3, -0.25) is 14.9 Å². The van der Waals surface area contributed by atoms with Gasteiger partial charge in [0, 0.05) is 30.6 Å². The molecule has 1 fully saturated rings. The van der Waals surface area contributed by atoms with Crippen molar-refractivity contribution in [3.63, 3.8) is 0 Å². The first-order valence-electron chi connectivity index (χ1n) is 7.38. The van der Waals surface area contributed by atoms with Crippen LogP contribution < -0.4 is 10.2 Å². The smallest absolute Gasteiger partial charge is 0.271 e. The quantitative estimate of drug-likeness (QED) is 0.668. The van der Waals surface area contributed by atoms with Crippen LogP contribution in [0, 0.1) is 16.0 Å². The number of anilines is 1. The number of fused-ring (bicyclic) bond motifs is 1. The van der Waals surface area contributed by atoms with Gasteiger partial charge in [0.05, 0.1) is 10.6 Å². The molecule has 0 spiro atoms. The molecule has 0 aliphatic carbocycles. The fourth-order valence-electron chi connectivity index (χ4n) is 3.29. The number of hydrogen-bond acceptors (Lipinski definition) is 4. The summed E-state index contributed by atoms with van der Waals surface area (Å²) in [6.07, 6.45) is 2.45. The highest BCUT2D eigenvalue weighted by Gasteiger charge is 2.33. The SMILES string of the molecule is C[C@H]1C[C@@H](C(=O)N2CCc3ccc([N+](=O)[O-])cc32)CCN1.Cl. The Morgan fingerprint density at radius 3 is 2.91 bits per heavy atom. The Morgan fingerprint density at radius 1 is 1.45 bits per heavy atom. The highest BCUT2D eigenvalue weighted by Crippen LogP contribution is 2.33. The minimum Gasteiger partial charge on any atom is -0.314 e. The minimum absolute atomic E-state index is 0. The first-order valence-corrected chi connectivity index (χ1v) is 7.38. The predicted molar refractivity (Wildman–Crippen MR) is 86.6 cm³/mol. The van der Waals surface area contributed by atoms with Crippen LogP contribution in [0.5, 0.6) is 0 Å². The van der Waals surface area contributed by atoms with Crippen molar-refractivity contribution < 1.29 is 9.72 Å². The number of nitro groups is 1. The number of piperidine rings is 1. The molecule has 0 saturated carbocycles. The molecule has 1 amide bonds. The van der Waals surface area contributed by atoms with E-state index in [1.807, 2.05) is 0 Å². The van der Waals surface area contributed by atoms with E-state index in [0.717, 1.165) is 37.1 Å². The Hall–Kier alpha value is -1.66. The monoisotopic (exact) mass is 325 g/mol. The van der Waals surface area contributed by atoms with Crippen LogP contribution in [0.1, 0.15) is 25.3 Å². The van der Waals surface area contributed by atoms with E-state index < -0.39 is 4.92 Å². The molecule has 120 valence electrons. The molecular weight excluding hydrogens is 306 g/mol. The Morgan fingerprint density at radius 2 is 2.23 bits per heavy atom. The van der Waals surface area contributed by atoms with Crippen molar-refractivity contribution in [2.75, 3.05) is 18.0 Å². The summed E-state index contributed by atoms with van der Waals surface area (Å²) in [6, 6.07) is 5.16. The lowest BCUT2D eigenvalue weighted by molar-refractivity contribution is -0.384. The number of nitrogens with zero attached hydrogens (tertiary/aromatic N) is 2. The van der Waals surface area contributed by atoms with Gasteiger partial charge >= 0.3 is 0 Å². The third kappa shape index (κ3) is 3.08. The van der Waals surface area contributed by atoms with Gasteiger partial charge < -0.3 is 10.2 Å². The lowest BCUT2D eigenvalue weighted by atomic mass is 9.92. The van der Waals surface area contributed by atoms with Gasteiger partial charge in [0.1, 0.15) is 0 Å². The molecule has 2 atom stereocenters. The zero-order chi connectivity index (χ0) is 15.0. The Bertz CT molecular complexity index is 593. The van der Waals surface area contributed by atoms with Crippen LogP contribution in [0.3, 0.4) is 0 Å². The number of amides is 1. The standard InChI is InChI=1S/C15H19N3O3.ClH/c1-10-8-12(4-6-16-10)15(19)17-7-5-11-2-3-13(18(20)21)9-14(11)17;/h2-3,9-10,12,16H,4-8H2,1H3;1H/t10-,12-;/m0./s1. The van der Waals surface area contributed by atoms with Gasteiger partial charge in [-0.25, -0.2) is 0 Å². The van der Waals surface area contributed by atoms with Crippen molar-refractivity contribution in [1.29, 1.82) is 0 Å². The van der Waals surface area contributed by atoms with Gasteiger partial charge in [0.2, 0.25) is 5.91 Å². The number of halogens is 1. The van der Waals surface area contributed by atoms with Crippen LogP contribution in [0.4, 0.5) is 11.4 Å². The molecule has 22 heavy (non-hydrogen) atoms. The number of benzene rings is 1. The van der Waals surface area contributed by atoms with Gasteiger partial charge in [0.15, 0.2) is 0 Å². The number of non-ortho nitro benzene ring substituents is 1. The number of carbonyl (C=O) groups is 1. The van der Waals surface area contributed by atoms with Crippen molar-refractivity contribution in [3.05, 3.63) is 33.9 Å². The van der Waals surface area contributed by atoms with E-state index >= 15 is 0 Å². The van der Waals surface area contributed by atoms with Gasteiger partial charge in [0.25, 0.3) is 5.69 Å². The fourth-order valence-corrected chi connectivity index (χ4v) is 3.29. The van der Waals surface area contributed by atoms with Gasteiger partial charge in [-0.15, -0.1) is 12.4 Å². The van der Waals surface area contributed by atoms with Gasteiger partial charge in [-0.05, 0) is 38.3 Å². The summed E-state index contributed by atoms with van der Waals surface area (Å²) in [4.78, 5) is 25.0. The molecule has 0 unspecified atom stereocenters. The maximum absolute atomic E-state index is 12.7. The zero-order valence-corrected chi connectivity index (χ0v) is 13.3. The summed E-state index contributed by atoms with van der Waals surface area (Å²) in [5.74, 6) is 0.133. The van der Waals surface area contributed by atoms with Crippen LogP contribution in [0.15, 0.2) is 18.2 Å². The predicted octanol–water partition coefficient (Wildman–Crippen LogP) is 2.29. The fraction of sp³-hybridized carbons (Fsp3) is 0.533. The largest absolute Gasteiger partial charge is 0.314 e. The summed E-state index contributed by atoms with van der Waals surface area (Å²) in [5.41, 5.74) is 1.79. The van der Waals surface area contributed by atoms with Crippen molar-refractivity contribution in [1.82, 2.24) is 5.32 Å². The molecule has 2 aliphatic heterocycles. The van der Waals surface area contributed by atoms with Gasteiger partial charge in [-0.1, -0.05) is 6.07 Å². The molecule has 2 heterocycles. The highest BCUT2D eigenvalue weighted by atomic mass is 35.5. The van der Waals surface area contributed by atoms with Crippen molar-refractivity contribution >= 4 is 29.7 Å². The summed E-state index contributed by atoms with van der Waals surface area (Å²) >= 11 is 0. The first kappa shape index (κ1) is 16.7. The number of nitrogens with one attached hydrogen (secondary N) is 1. The first-order chi connectivity index (χ1) is 10.1. The van der Waals surface area contributed by atoms with Crippen molar-refractivity contribution in [3.8, 4) is 0 Å². The lowest BCUT2D eigenvalue weighted by Gasteiger charge is -2.30. The molecule has 0 bridgehead atoms. The van der Waals surface area contributed by atoms with Crippen LogP contribution in [-0.4, -0.2) is 30.0 Å². The van der Waals surface area contributed by atoms with E-state index in [2.05, 4.69) is 12.2 Å². The second-order valence-corrected chi connectivity index (χ2v) is 5.89. The molecule has 0 radical (unpaired) electrons. The lowest BCUT2D eigenvalue weighted by Crippen LogP contribution is -2.43. The topological polar surface area (TPSA) is 75.5 Å². The Balaban J connectivity index is 0.00000176. The summed E-state index contributed by atoms with van der Waals surface area (Å²) in [7, 11) is 0. The highest BCUT2D eigenvalue weighted by molar-refractivity contribution is 5.97. The van der Waals surface area contributed by atoms with E-state index in [9.17, 15) is 14.9 Å². The van der Waals surface area contributed by atoms with Crippen LogP contribution in [-0.2, 0) is 11.2 Å². The summed E-state index contributed by atoms with van der Waals surface area (Å²) in [5, 5.41) is 14.3. The summed E-state index contributed by atoms with van der Waals surface area (Å²) < 4.78 is 0. The average molecular weight is 326 g/mol. The second kappa shape index (κ2) is 6.62. The van der Waals surface area contributed by atoms with E-state index in [0.29, 0.717) is 12.6 Å². The van der Waals surface area contributed by atoms with Gasteiger partial charge in [-0.2, -0.15) is 0 Å². The van der Waals surface area contributed by atoms with Crippen LogP contribution in [0.2, 0.25) is 0 Å².